The van der Waals surface area contributed by atoms with Gasteiger partial charge in [0, 0.05) is 18.2 Å². The minimum Gasteiger partial charge on any atom is -0.497 e. The van der Waals surface area contributed by atoms with Crippen molar-refractivity contribution in [3.63, 3.8) is 0 Å². The average Bonchev–Trinajstić information content (AvgIpc) is 2.40. The van der Waals surface area contributed by atoms with Gasteiger partial charge in [0.2, 0.25) is 5.69 Å². The molecule has 0 radical (unpaired) electrons. The van der Waals surface area contributed by atoms with Crippen LogP contribution in [0.15, 0.2) is 42.6 Å². The van der Waals surface area contributed by atoms with Crippen LogP contribution < -0.4 is 9.30 Å². The van der Waals surface area contributed by atoms with Crippen LogP contribution in [0.1, 0.15) is 16.8 Å². The van der Waals surface area contributed by atoms with E-state index < -0.39 is 0 Å². The standard InChI is InChI=1S/C16H18NO/c1-13-10-11-17(2)15(12-13)7-4-14-5-8-16(18-3)9-6-14/h4-12H,1-3H3/q+1/b7-4+. The number of aryl methyl sites for hydroxylation is 2. The molecule has 0 fully saturated rings. The van der Waals surface area contributed by atoms with Gasteiger partial charge in [0.05, 0.1) is 7.11 Å². The predicted molar refractivity (Wildman–Crippen MR) is 74.3 cm³/mol. The highest BCUT2D eigenvalue weighted by atomic mass is 16.5. The number of benzene rings is 1. The van der Waals surface area contributed by atoms with Gasteiger partial charge in [-0.1, -0.05) is 12.1 Å². The molecule has 0 bridgehead atoms. The van der Waals surface area contributed by atoms with Gasteiger partial charge in [0.25, 0.3) is 0 Å². The lowest BCUT2D eigenvalue weighted by Crippen LogP contribution is -2.30. The fraction of sp³-hybridized carbons (Fsp3) is 0.188. The van der Waals surface area contributed by atoms with Gasteiger partial charge >= 0.3 is 0 Å². The normalized spacial score (nSPS) is 10.8. The van der Waals surface area contributed by atoms with Crippen LogP contribution in [-0.2, 0) is 7.05 Å². The predicted octanol–water partition coefficient (Wildman–Crippen LogP) is 3.00. The third-order valence-corrected chi connectivity index (χ3v) is 2.91. The van der Waals surface area contributed by atoms with Crippen LogP contribution in [-0.4, -0.2) is 7.11 Å². The average molecular weight is 240 g/mol. The monoisotopic (exact) mass is 240 g/mol. The van der Waals surface area contributed by atoms with Crippen molar-refractivity contribution in [3.8, 4) is 5.75 Å². The number of hydrogen-bond donors (Lipinski definition) is 0. The van der Waals surface area contributed by atoms with Crippen LogP contribution in [0, 0.1) is 6.92 Å². The number of pyridine rings is 1. The molecule has 2 aromatic rings. The van der Waals surface area contributed by atoms with Crippen molar-refractivity contribution < 1.29 is 9.30 Å². The van der Waals surface area contributed by atoms with E-state index in [1.807, 2.05) is 31.3 Å². The lowest BCUT2D eigenvalue weighted by Gasteiger charge is -1.99. The second-order valence-corrected chi connectivity index (χ2v) is 4.35. The van der Waals surface area contributed by atoms with Crippen LogP contribution in [0.25, 0.3) is 12.2 Å². The molecular formula is C16H18NO+. The highest BCUT2D eigenvalue weighted by Crippen LogP contribution is 2.13. The molecule has 2 rings (SSSR count). The van der Waals surface area contributed by atoms with Gasteiger partial charge in [-0.05, 0) is 36.3 Å². The first-order valence-electron chi connectivity index (χ1n) is 5.97. The molecule has 0 N–H and O–H groups in total. The zero-order chi connectivity index (χ0) is 13.0. The number of ether oxygens (including phenoxy) is 1. The summed E-state index contributed by atoms with van der Waals surface area (Å²) in [5.41, 5.74) is 3.62. The first-order valence-corrected chi connectivity index (χ1v) is 5.97. The van der Waals surface area contributed by atoms with Gasteiger partial charge in [0.15, 0.2) is 6.20 Å². The van der Waals surface area contributed by atoms with Crippen molar-refractivity contribution in [2.45, 2.75) is 6.92 Å². The Morgan fingerprint density at radius 3 is 2.44 bits per heavy atom. The second kappa shape index (κ2) is 5.50. The van der Waals surface area contributed by atoms with Crippen LogP contribution in [0.3, 0.4) is 0 Å². The summed E-state index contributed by atoms with van der Waals surface area (Å²) in [6, 6.07) is 12.3. The summed E-state index contributed by atoms with van der Waals surface area (Å²) in [7, 11) is 3.73. The van der Waals surface area contributed by atoms with E-state index in [1.54, 1.807) is 7.11 Å². The summed E-state index contributed by atoms with van der Waals surface area (Å²) in [5, 5.41) is 0. The third kappa shape index (κ3) is 2.98. The van der Waals surface area contributed by atoms with E-state index in [-0.39, 0.29) is 0 Å². The van der Waals surface area contributed by atoms with Crippen LogP contribution in [0.2, 0.25) is 0 Å². The topological polar surface area (TPSA) is 13.1 Å². The van der Waals surface area contributed by atoms with E-state index in [9.17, 15) is 0 Å². The molecule has 0 aliphatic rings. The van der Waals surface area contributed by atoms with Gasteiger partial charge in [-0.15, -0.1) is 0 Å². The molecule has 0 amide bonds. The van der Waals surface area contributed by atoms with E-state index in [1.165, 1.54) is 11.3 Å². The van der Waals surface area contributed by atoms with Crippen LogP contribution >= 0.6 is 0 Å². The van der Waals surface area contributed by atoms with Gasteiger partial charge in [-0.3, -0.25) is 0 Å². The molecule has 92 valence electrons. The van der Waals surface area contributed by atoms with Gasteiger partial charge < -0.3 is 4.74 Å². The summed E-state index contributed by atoms with van der Waals surface area (Å²) >= 11 is 0. The molecule has 2 heteroatoms. The Kier molecular flexibility index (Phi) is 3.78. The Hall–Kier alpha value is -2.09. The number of nitrogens with zero attached hydrogens (tertiary/aromatic N) is 1. The minimum absolute atomic E-state index is 0.883. The highest BCUT2D eigenvalue weighted by Gasteiger charge is 2.01. The molecule has 0 aliphatic heterocycles. The Morgan fingerprint density at radius 2 is 1.78 bits per heavy atom. The van der Waals surface area contributed by atoms with Crippen molar-refractivity contribution >= 4 is 12.2 Å². The molecule has 0 saturated heterocycles. The molecule has 0 aliphatic carbocycles. The zero-order valence-corrected chi connectivity index (χ0v) is 11.1. The smallest absolute Gasteiger partial charge is 0.205 e. The Labute approximate surface area is 108 Å². The summed E-state index contributed by atoms with van der Waals surface area (Å²) < 4.78 is 7.24. The summed E-state index contributed by atoms with van der Waals surface area (Å²) in [6.45, 7) is 2.10. The quantitative estimate of drug-likeness (QED) is 0.752. The minimum atomic E-state index is 0.883. The number of hydrogen-bond acceptors (Lipinski definition) is 1. The van der Waals surface area contributed by atoms with Gasteiger partial charge in [-0.2, -0.15) is 0 Å². The van der Waals surface area contributed by atoms with E-state index >= 15 is 0 Å². The van der Waals surface area contributed by atoms with Crippen LogP contribution in [0.5, 0.6) is 5.75 Å². The number of rotatable bonds is 3. The molecule has 0 spiro atoms. The van der Waals surface area contributed by atoms with E-state index in [0.29, 0.717) is 0 Å². The van der Waals surface area contributed by atoms with Gasteiger partial charge in [-0.25, -0.2) is 4.57 Å². The van der Waals surface area contributed by atoms with Crippen molar-refractivity contribution in [2.24, 2.45) is 7.05 Å². The molecule has 1 aromatic heterocycles. The Morgan fingerprint density at radius 1 is 1.06 bits per heavy atom. The molecular weight excluding hydrogens is 222 g/mol. The largest absolute Gasteiger partial charge is 0.497 e. The van der Waals surface area contributed by atoms with Crippen molar-refractivity contribution in [3.05, 3.63) is 59.4 Å². The van der Waals surface area contributed by atoms with Crippen molar-refractivity contribution in [2.75, 3.05) is 7.11 Å². The molecule has 0 unspecified atom stereocenters. The lowest BCUT2D eigenvalue weighted by atomic mass is 10.1. The van der Waals surface area contributed by atoms with Crippen molar-refractivity contribution in [1.82, 2.24) is 0 Å². The zero-order valence-electron chi connectivity index (χ0n) is 11.1. The SMILES string of the molecule is COc1ccc(/C=C/c2cc(C)cc[n+]2C)cc1. The first kappa shape index (κ1) is 12.4. The number of aromatic nitrogens is 1. The fourth-order valence-corrected chi connectivity index (χ4v) is 1.76. The first-order chi connectivity index (χ1) is 8.69. The molecule has 0 saturated carbocycles. The molecule has 1 heterocycles. The highest BCUT2D eigenvalue weighted by molar-refractivity contribution is 5.67. The molecule has 1 aromatic carbocycles. The number of methoxy groups -OCH3 is 1. The van der Waals surface area contributed by atoms with E-state index in [0.717, 1.165) is 11.3 Å². The Balaban J connectivity index is 2.21. The maximum Gasteiger partial charge on any atom is 0.205 e. The second-order valence-electron chi connectivity index (χ2n) is 4.35. The van der Waals surface area contributed by atoms with Gasteiger partial charge in [0.1, 0.15) is 12.8 Å². The third-order valence-electron chi connectivity index (χ3n) is 2.91. The maximum absolute atomic E-state index is 5.14. The molecule has 18 heavy (non-hydrogen) atoms. The van der Waals surface area contributed by atoms with Crippen molar-refractivity contribution in [1.29, 1.82) is 0 Å². The van der Waals surface area contributed by atoms with Crippen LogP contribution in [0.4, 0.5) is 0 Å². The lowest BCUT2D eigenvalue weighted by molar-refractivity contribution is -0.673. The Bertz CT molecular complexity index is 556. The fourth-order valence-electron chi connectivity index (χ4n) is 1.76. The maximum atomic E-state index is 5.14. The van der Waals surface area contributed by atoms with E-state index in [2.05, 4.69) is 42.0 Å². The summed E-state index contributed by atoms with van der Waals surface area (Å²) in [5.74, 6) is 0.883. The summed E-state index contributed by atoms with van der Waals surface area (Å²) in [4.78, 5) is 0. The van der Waals surface area contributed by atoms with E-state index in [4.69, 9.17) is 4.74 Å². The molecule has 0 atom stereocenters. The molecule has 2 nitrogen and oxygen atoms in total. The summed E-state index contributed by atoms with van der Waals surface area (Å²) in [6.07, 6.45) is 6.30.